The minimum absolute atomic E-state index is 0.120. The molecular formula is C10H9N3O2S. The Morgan fingerprint density at radius 2 is 2.00 bits per heavy atom. The van der Waals surface area contributed by atoms with Gasteiger partial charge in [0.05, 0.1) is 10.2 Å². The maximum atomic E-state index is 9.49. The number of aromatic hydroxyl groups is 2. The summed E-state index contributed by atoms with van der Waals surface area (Å²) in [6.07, 6.45) is 0. The van der Waals surface area contributed by atoms with Gasteiger partial charge in [0.1, 0.15) is 0 Å². The number of benzene rings is 1. The molecule has 2 aromatic heterocycles. The standard InChI is InChI=1S/C10H9N3O2S/c1-13-8-4-2-5(14)6(15)3-7(4)16-9(8)10(11)12-13/h2-3,14-15H,1H3,(H2,11,12). The smallest absolute Gasteiger partial charge is 0.163 e. The fraction of sp³-hybridized carbons (Fsp3) is 0.100. The van der Waals surface area contributed by atoms with Crippen molar-refractivity contribution in [3.8, 4) is 11.5 Å². The molecule has 0 aliphatic carbocycles. The van der Waals surface area contributed by atoms with Gasteiger partial charge in [-0.15, -0.1) is 11.3 Å². The van der Waals surface area contributed by atoms with Gasteiger partial charge in [-0.05, 0) is 6.07 Å². The highest BCUT2D eigenvalue weighted by Crippen LogP contribution is 2.41. The molecule has 0 aliphatic rings. The maximum Gasteiger partial charge on any atom is 0.163 e. The number of thiophene rings is 1. The summed E-state index contributed by atoms with van der Waals surface area (Å²) in [7, 11) is 1.80. The number of phenolic OH excluding ortho intramolecular Hbond substituents is 2. The largest absolute Gasteiger partial charge is 0.504 e. The molecule has 0 bridgehead atoms. The van der Waals surface area contributed by atoms with Gasteiger partial charge in [0.2, 0.25) is 0 Å². The molecule has 0 saturated carbocycles. The van der Waals surface area contributed by atoms with Crippen LogP contribution in [0.1, 0.15) is 0 Å². The molecule has 2 heterocycles. The van der Waals surface area contributed by atoms with Crippen LogP contribution in [0.5, 0.6) is 11.5 Å². The first-order chi connectivity index (χ1) is 7.58. The molecule has 3 rings (SSSR count). The lowest BCUT2D eigenvalue weighted by molar-refractivity contribution is 0.405. The van der Waals surface area contributed by atoms with Crippen LogP contribution in [0, 0.1) is 0 Å². The van der Waals surface area contributed by atoms with E-state index in [1.807, 2.05) is 0 Å². The number of fused-ring (bicyclic) bond motifs is 3. The van der Waals surface area contributed by atoms with Gasteiger partial charge in [-0.3, -0.25) is 4.68 Å². The van der Waals surface area contributed by atoms with Crippen LogP contribution < -0.4 is 5.73 Å². The van der Waals surface area contributed by atoms with Crippen LogP contribution in [0.4, 0.5) is 5.82 Å². The summed E-state index contributed by atoms with van der Waals surface area (Å²) in [5.41, 5.74) is 6.65. The molecule has 0 saturated heterocycles. The average molecular weight is 235 g/mol. The number of rotatable bonds is 0. The number of nitrogen functional groups attached to an aromatic ring is 1. The predicted octanol–water partition coefficient (Wildman–Crippen LogP) is 1.78. The molecule has 0 atom stereocenters. The van der Waals surface area contributed by atoms with Gasteiger partial charge < -0.3 is 15.9 Å². The fourth-order valence-corrected chi connectivity index (χ4v) is 3.00. The Labute approximate surface area is 94.3 Å². The fourth-order valence-electron chi connectivity index (χ4n) is 1.86. The lowest BCUT2D eigenvalue weighted by Crippen LogP contribution is -1.91. The summed E-state index contributed by atoms with van der Waals surface area (Å²) in [5.74, 6) is 0.218. The van der Waals surface area contributed by atoms with Gasteiger partial charge >= 0.3 is 0 Å². The topological polar surface area (TPSA) is 84.3 Å². The number of aromatic nitrogens is 2. The first kappa shape index (κ1) is 9.29. The minimum atomic E-state index is -0.132. The molecule has 1 aromatic carbocycles. The van der Waals surface area contributed by atoms with E-state index in [0.29, 0.717) is 5.82 Å². The third-order valence-corrected chi connectivity index (χ3v) is 3.74. The highest BCUT2D eigenvalue weighted by atomic mass is 32.1. The molecule has 6 heteroatoms. The van der Waals surface area contributed by atoms with Crippen LogP contribution in [0.25, 0.3) is 20.3 Å². The maximum absolute atomic E-state index is 9.49. The molecule has 0 amide bonds. The molecule has 0 spiro atoms. The number of anilines is 1. The van der Waals surface area contributed by atoms with Crippen molar-refractivity contribution in [2.24, 2.45) is 7.05 Å². The zero-order chi connectivity index (χ0) is 11.4. The zero-order valence-electron chi connectivity index (χ0n) is 8.43. The van der Waals surface area contributed by atoms with Gasteiger partial charge in [0.25, 0.3) is 0 Å². The van der Waals surface area contributed by atoms with Crippen molar-refractivity contribution in [1.82, 2.24) is 9.78 Å². The average Bonchev–Trinajstić information content (AvgIpc) is 2.68. The Morgan fingerprint density at radius 3 is 2.75 bits per heavy atom. The lowest BCUT2D eigenvalue weighted by Gasteiger charge is -1.98. The third kappa shape index (κ3) is 1.02. The van der Waals surface area contributed by atoms with Gasteiger partial charge in [0.15, 0.2) is 17.3 Å². The Hall–Kier alpha value is -1.95. The van der Waals surface area contributed by atoms with Crippen molar-refractivity contribution in [3.63, 3.8) is 0 Å². The van der Waals surface area contributed by atoms with Crippen LogP contribution in [0.15, 0.2) is 12.1 Å². The van der Waals surface area contributed by atoms with Crippen LogP contribution in [-0.2, 0) is 7.05 Å². The van der Waals surface area contributed by atoms with Crippen molar-refractivity contribution >= 4 is 37.5 Å². The number of nitrogens with two attached hydrogens (primary N) is 1. The summed E-state index contributed by atoms with van der Waals surface area (Å²) < 4.78 is 3.44. The molecule has 16 heavy (non-hydrogen) atoms. The highest BCUT2D eigenvalue weighted by Gasteiger charge is 2.15. The minimum Gasteiger partial charge on any atom is -0.504 e. The zero-order valence-corrected chi connectivity index (χ0v) is 9.25. The monoisotopic (exact) mass is 235 g/mol. The summed E-state index contributed by atoms with van der Waals surface area (Å²) >= 11 is 1.45. The van der Waals surface area contributed by atoms with Crippen molar-refractivity contribution in [1.29, 1.82) is 0 Å². The van der Waals surface area contributed by atoms with E-state index in [2.05, 4.69) is 5.10 Å². The normalized spacial score (nSPS) is 11.6. The number of hydrogen-bond acceptors (Lipinski definition) is 5. The first-order valence-electron chi connectivity index (χ1n) is 4.64. The van der Waals surface area contributed by atoms with E-state index >= 15 is 0 Å². The Balaban J connectivity index is 2.58. The first-order valence-corrected chi connectivity index (χ1v) is 5.46. The SMILES string of the molecule is Cn1nc(N)c2sc3cc(O)c(O)cc3c21. The molecule has 0 aliphatic heterocycles. The number of hydrogen-bond donors (Lipinski definition) is 3. The molecule has 82 valence electrons. The van der Waals surface area contributed by atoms with Crippen molar-refractivity contribution in [2.75, 3.05) is 5.73 Å². The molecule has 5 nitrogen and oxygen atoms in total. The van der Waals surface area contributed by atoms with E-state index < -0.39 is 0 Å². The van der Waals surface area contributed by atoms with Gasteiger partial charge in [0, 0.05) is 23.2 Å². The van der Waals surface area contributed by atoms with E-state index in [4.69, 9.17) is 5.73 Å². The second-order valence-electron chi connectivity index (χ2n) is 3.63. The number of nitrogens with zero attached hydrogens (tertiary/aromatic N) is 2. The highest BCUT2D eigenvalue weighted by molar-refractivity contribution is 7.26. The Bertz CT molecular complexity index is 714. The van der Waals surface area contributed by atoms with Crippen LogP contribution >= 0.6 is 11.3 Å². The second-order valence-corrected chi connectivity index (χ2v) is 4.68. The summed E-state index contributed by atoms with van der Waals surface area (Å²) in [5, 5.41) is 23.9. The summed E-state index contributed by atoms with van der Waals surface area (Å²) in [6, 6.07) is 3.07. The van der Waals surface area contributed by atoms with Crippen LogP contribution in [0.3, 0.4) is 0 Å². The molecule has 4 N–H and O–H groups in total. The molecule has 0 unspecified atom stereocenters. The van der Waals surface area contributed by atoms with Gasteiger partial charge in [-0.25, -0.2) is 0 Å². The van der Waals surface area contributed by atoms with Crippen molar-refractivity contribution in [3.05, 3.63) is 12.1 Å². The second kappa shape index (κ2) is 2.79. The summed E-state index contributed by atoms with van der Waals surface area (Å²) in [6.45, 7) is 0. The van der Waals surface area contributed by atoms with E-state index in [0.717, 1.165) is 20.3 Å². The quantitative estimate of drug-likeness (QED) is 0.518. The van der Waals surface area contributed by atoms with Crippen LogP contribution in [-0.4, -0.2) is 20.0 Å². The number of aryl methyl sites for hydroxylation is 1. The Morgan fingerprint density at radius 1 is 1.31 bits per heavy atom. The number of phenols is 2. The molecular weight excluding hydrogens is 226 g/mol. The van der Waals surface area contributed by atoms with E-state index in [1.54, 1.807) is 11.7 Å². The van der Waals surface area contributed by atoms with E-state index in [1.165, 1.54) is 23.5 Å². The molecule has 0 radical (unpaired) electrons. The summed E-state index contributed by atoms with van der Waals surface area (Å²) in [4.78, 5) is 0. The van der Waals surface area contributed by atoms with Gasteiger partial charge in [-0.2, -0.15) is 5.10 Å². The van der Waals surface area contributed by atoms with Crippen LogP contribution in [0.2, 0.25) is 0 Å². The third-order valence-electron chi connectivity index (χ3n) is 2.57. The van der Waals surface area contributed by atoms with Crippen molar-refractivity contribution in [2.45, 2.75) is 0 Å². The van der Waals surface area contributed by atoms with E-state index in [9.17, 15) is 10.2 Å². The van der Waals surface area contributed by atoms with E-state index in [-0.39, 0.29) is 11.5 Å². The Kier molecular flexibility index (Phi) is 1.62. The van der Waals surface area contributed by atoms with Gasteiger partial charge in [-0.1, -0.05) is 0 Å². The molecule has 0 fully saturated rings. The predicted molar refractivity (Wildman–Crippen MR) is 63.8 cm³/mol. The lowest BCUT2D eigenvalue weighted by atomic mass is 10.2. The molecule has 3 aromatic rings. The van der Waals surface area contributed by atoms with Crippen molar-refractivity contribution < 1.29 is 10.2 Å².